The normalized spacial score (nSPS) is 20.4. The summed E-state index contributed by atoms with van der Waals surface area (Å²) in [4.78, 5) is 25.2. The van der Waals surface area contributed by atoms with Crippen LogP contribution >= 0.6 is 0 Å². The molecule has 0 saturated carbocycles. The van der Waals surface area contributed by atoms with Gasteiger partial charge in [-0.25, -0.2) is 4.39 Å². The molecule has 6 rings (SSSR count). The smallest absolute Gasteiger partial charge is 0.258 e. The molecule has 8 heteroatoms. The van der Waals surface area contributed by atoms with Crippen molar-refractivity contribution in [2.75, 3.05) is 19.7 Å². The molecule has 0 aliphatic carbocycles. The van der Waals surface area contributed by atoms with Crippen LogP contribution in [-0.4, -0.2) is 43.7 Å². The lowest BCUT2D eigenvalue weighted by Gasteiger charge is -2.22. The van der Waals surface area contributed by atoms with Gasteiger partial charge in [-0.05, 0) is 53.1 Å². The highest BCUT2D eigenvalue weighted by molar-refractivity contribution is 5.96. The summed E-state index contributed by atoms with van der Waals surface area (Å²) in [5, 5.41) is 8.97. The van der Waals surface area contributed by atoms with E-state index in [2.05, 4.69) is 16.0 Å². The van der Waals surface area contributed by atoms with Crippen LogP contribution < -0.4 is 25.4 Å². The van der Waals surface area contributed by atoms with E-state index >= 15 is 0 Å². The van der Waals surface area contributed by atoms with Gasteiger partial charge in [-0.15, -0.1) is 0 Å². The highest BCUT2D eigenvalue weighted by Gasteiger charge is 2.31. The van der Waals surface area contributed by atoms with Crippen LogP contribution in [0.3, 0.4) is 0 Å². The summed E-state index contributed by atoms with van der Waals surface area (Å²) in [5.74, 6) is -0.214. The van der Waals surface area contributed by atoms with Gasteiger partial charge >= 0.3 is 0 Å². The molecule has 34 heavy (non-hydrogen) atoms. The van der Waals surface area contributed by atoms with Gasteiger partial charge in [0.25, 0.3) is 11.8 Å². The highest BCUT2D eigenvalue weighted by Crippen LogP contribution is 2.26. The van der Waals surface area contributed by atoms with Gasteiger partial charge in [-0.2, -0.15) is 0 Å². The Morgan fingerprint density at radius 1 is 0.882 bits per heavy atom. The lowest BCUT2D eigenvalue weighted by atomic mass is 10.0. The highest BCUT2D eigenvalue weighted by atomic mass is 19.1. The molecule has 2 amide bonds. The zero-order valence-corrected chi connectivity index (χ0v) is 18.3. The standard InChI is InChI=1S/C26H24FN3O4/c27-22-9-6-18-11-21(22)26(32)30-23-13-28-14-24(23)34-19-7-4-16(5-8-19)12-29-25(31)15-33-20-3-1-2-17(18)10-20/h1-11,23-24,28H,12-15H2,(H,29,31)(H,30,32)/t23-,24-/m0/s1. The summed E-state index contributed by atoms with van der Waals surface area (Å²) in [7, 11) is 0. The van der Waals surface area contributed by atoms with Crippen molar-refractivity contribution in [1.29, 1.82) is 0 Å². The fourth-order valence-corrected chi connectivity index (χ4v) is 4.07. The number of ether oxygens (including phenoxy) is 2. The zero-order chi connectivity index (χ0) is 23.5. The number of hydrogen-bond donors (Lipinski definition) is 3. The summed E-state index contributed by atoms with van der Waals surface area (Å²) in [6, 6.07) is 18.6. The third-order valence-electron chi connectivity index (χ3n) is 5.92. The Kier molecular flexibility index (Phi) is 6.14. The molecule has 0 unspecified atom stereocenters. The average Bonchev–Trinajstić information content (AvgIpc) is 3.28. The molecule has 3 aromatic carbocycles. The predicted molar refractivity (Wildman–Crippen MR) is 124 cm³/mol. The van der Waals surface area contributed by atoms with Crippen LogP contribution in [0.4, 0.5) is 4.39 Å². The van der Waals surface area contributed by atoms with Crippen molar-refractivity contribution >= 4 is 11.8 Å². The quantitative estimate of drug-likeness (QED) is 0.479. The molecule has 7 nitrogen and oxygen atoms in total. The van der Waals surface area contributed by atoms with Crippen LogP contribution in [0, 0.1) is 5.82 Å². The average molecular weight is 461 g/mol. The Bertz CT molecular complexity index is 1210. The first kappa shape index (κ1) is 21.9. The number of amides is 2. The van der Waals surface area contributed by atoms with E-state index in [9.17, 15) is 14.0 Å². The van der Waals surface area contributed by atoms with Crippen LogP contribution in [0.2, 0.25) is 0 Å². The second-order valence-corrected chi connectivity index (χ2v) is 8.33. The van der Waals surface area contributed by atoms with Crippen molar-refractivity contribution in [2.45, 2.75) is 18.7 Å². The van der Waals surface area contributed by atoms with Crippen molar-refractivity contribution < 1.29 is 23.5 Å². The molecular weight excluding hydrogens is 437 g/mol. The Labute approximate surface area is 196 Å². The Balaban J connectivity index is 1.48. The van der Waals surface area contributed by atoms with Crippen LogP contribution in [0.15, 0.2) is 66.7 Å². The van der Waals surface area contributed by atoms with Gasteiger partial charge in [-0.1, -0.05) is 30.3 Å². The van der Waals surface area contributed by atoms with Crippen molar-refractivity contribution in [3.05, 3.63) is 83.7 Å². The molecule has 3 aliphatic rings. The first-order valence-electron chi connectivity index (χ1n) is 11.1. The minimum atomic E-state index is -0.605. The number of nitrogens with one attached hydrogen (secondary N) is 3. The number of carbonyl (C=O) groups excluding carboxylic acids is 2. The monoisotopic (exact) mass is 461 g/mol. The van der Waals surface area contributed by atoms with E-state index in [1.165, 1.54) is 12.1 Å². The maximum Gasteiger partial charge on any atom is 0.258 e. The summed E-state index contributed by atoms with van der Waals surface area (Å²) in [5.41, 5.74) is 2.27. The third-order valence-corrected chi connectivity index (χ3v) is 5.92. The van der Waals surface area contributed by atoms with E-state index in [1.54, 1.807) is 24.3 Å². The van der Waals surface area contributed by atoms with Crippen LogP contribution in [-0.2, 0) is 11.3 Å². The van der Waals surface area contributed by atoms with Gasteiger partial charge in [0.2, 0.25) is 0 Å². The molecule has 6 bridgehead atoms. The molecule has 0 spiro atoms. The summed E-state index contributed by atoms with van der Waals surface area (Å²) in [6.45, 7) is 1.29. The van der Waals surface area contributed by atoms with Gasteiger partial charge in [0.05, 0.1) is 11.6 Å². The van der Waals surface area contributed by atoms with Gasteiger partial charge in [0, 0.05) is 19.6 Å². The Morgan fingerprint density at radius 2 is 1.71 bits per heavy atom. The fraction of sp³-hybridized carbons (Fsp3) is 0.231. The number of halogens is 1. The topological polar surface area (TPSA) is 88.7 Å². The second-order valence-electron chi connectivity index (χ2n) is 8.33. The van der Waals surface area contributed by atoms with E-state index in [0.717, 1.165) is 11.1 Å². The molecular formula is C26H24FN3O4. The van der Waals surface area contributed by atoms with Crippen LogP contribution in [0.25, 0.3) is 11.1 Å². The number of benzene rings is 3. The van der Waals surface area contributed by atoms with Crippen LogP contribution in [0.1, 0.15) is 15.9 Å². The van der Waals surface area contributed by atoms with Gasteiger partial charge in [0.15, 0.2) is 6.61 Å². The molecule has 3 N–H and O–H groups in total. The lowest BCUT2D eigenvalue weighted by molar-refractivity contribution is -0.123. The molecule has 3 aromatic rings. The summed E-state index contributed by atoms with van der Waals surface area (Å²) in [6.07, 6.45) is -0.305. The van der Waals surface area contributed by atoms with E-state index in [1.807, 2.05) is 30.3 Å². The molecule has 2 atom stereocenters. The number of rotatable bonds is 0. The molecule has 174 valence electrons. The number of hydrogen-bond acceptors (Lipinski definition) is 5. The van der Waals surface area contributed by atoms with Crippen LogP contribution in [0.5, 0.6) is 11.5 Å². The fourth-order valence-electron chi connectivity index (χ4n) is 4.07. The molecule has 0 aromatic heterocycles. The summed E-state index contributed by atoms with van der Waals surface area (Å²) >= 11 is 0. The van der Waals surface area contributed by atoms with E-state index in [0.29, 0.717) is 36.7 Å². The van der Waals surface area contributed by atoms with Gasteiger partial charge in [0.1, 0.15) is 23.4 Å². The molecule has 1 saturated heterocycles. The Hall–Kier alpha value is -3.91. The van der Waals surface area contributed by atoms with E-state index < -0.39 is 11.7 Å². The van der Waals surface area contributed by atoms with Crippen molar-refractivity contribution in [1.82, 2.24) is 16.0 Å². The predicted octanol–water partition coefficient (Wildman–Crippen LogP) is 2.65. The number of carbonyl (C=O) groups is 2. The first-order valence-corrected chi connectivity index (χ1v) is 11.1. The molecule has 3 heterocycles. The van der Waals surface area contributed by atoms with E-state index in [4.69, 9.17) is 9.47 Å². The van der Waals surface area contributed by atoms with Crippen molar-refractivity contribution in [3.8, 4) is 22.6 Å². The largest absolute Gasteiger partial charge is 0.487 e. The first-order chi connectivity index (χ1) is 16.5. The van der Waals surface area contributed by atoms with E-state index in [-0.39, 0.29) is 30.2 Å². The van der Waals surface area contributed by atoms with Gasteiger partial charge < -0.3 is 25.4 Å². The second kappa shape index (κ2) is 9.52. The molecule has 1 fully saturated rings. The van der Waals surface area contributed by atoms with Gasteiger partial charge in [-0.3, -0.25) is 9.59 Å². The Morgan fingerprint density at radius 3 is 2.56 bits per heavy atom. The van der Waals surface area contributed by atoms with Crippen molar-refractivity contribution in [2.24, 2.45) is 0 Å². The summed E-state index contributed by atoms with van der Waals surface area (Å²) < 4.78 is 26.3. The third kappa shape index (κ3) is 4.87. The maximum absolute atomic E-state index is 14.6. The zero-order valence-electron chi connectivity index (χ0n) is 18.3. The lowest BCUT2D eigenvalue weighted by Crippen LogP contribution is -2.45. The number of fused-ring (bicyclic) bond motifs is 7. The minimum absolute atomic E-state index is 0.0485. The minimum Gasteiger partial charge on any atom is -0.487 e. The SMILES string of the molecule is O=C1COc2cccc(c2)-c2ccc(F)c(c2)C(=O)N[C@H]2CNC[C@@H]2Oc2ccc(cc2)CN1. The maximum atomic E-state index is 14.6. The molecule has 0 radical (unpaired) electrons. The van der Waals surface area contributed by atoms with Crippen molar-refractivity contribution in [3.63, 3.8) is 0 Å². The molecule has 3 aliphatic heterocycles.